The number of hydrogen-bond acceptors (Lipinski definition) is 1. The van der Waals surface area contributed by atoms with Gasteiger partial charge in [0, 0.05) is 0 Å². The van der Waals surface area contributed by atoms with Crippen molar-refractivity contribution in [1.29, 1.82) is 0 Å². The van der Waals surface area contributed by atoms with Crippen LogP contribution in [0.15, 0.2) is 0 Å². The molecule has 0 amide bonds. The minimum atomic E-state index is 0.931. The van der Waals surface area contributed by atoms with Gasteiger partial charge in [-0.2, -0.15) is 0 Å². The molecule has 0 aliphatic rings. The van der Waals surface area contributed by atoms with Crippen molar-refractivity contribution >= 4 is 21.0 Å². The van der Waals surface area contributed by atoms with Gasteiger partial charge in [0.1, 0.15) is 21.0 Å². The Bertz CT molecular complexity index is 17.2. The molecule has 0 N–H and O–H groups in total. The second kappa shape index (κ2) is 16.2. The van der Waals surface area contributed by atoms with Crippen LogP contribution in [0, 0.1) is 0 Å². The van der Waals surface area contributed by atoms with Gasteiger partial charge in [-0.05, 0) is 0 Å². The van der Waals surface area contributed by atoms with Gasteiger partial charge < -0.3 is 4.12 Å². The zero-order chi connectivity index (χ0) is 6.12. The highest BCUT2D eigenvalue weighted by atomic mass is 28.3. The topological polar surface area (TPSA) is 9.23 Å². The first-order chi connectivity index (χ1) is 3.33. The third-order valence-corrected chi connectivity index (χ3v) is 0.500. The van der Waals surface area contributed by atoms with E-state index in [4.69, 9.17) is 0 Å². The Hall–Kier alpha value is 0.394. The highest BCUT2D eigenvalue weighted by molar-refractivity contribution is 6.15. The summed E-state index contributed by atoms with van der Waals surface area (Å²) in [5, 5.41) is 0. The Balaban J connectivity index is 0. The van der Waals surface area contributed by atoms with E-state index < -0.39 is 0 Å². The second-order valence-corrected chi connectivity index (χ2v) is 4.67. The lowest BCUT2D eigenvalue weighted by molar-refractivity contribution is 0.690. The average Bonchev–Trinajstić information content (AvgIpc) is 1.69. The van der Waals surface area contributed by atoms with Crippen LogP contribution in [0.2, 0.25) is 0 Å². The van der Waals surface area contributed by atoms with Crippen molar-refractivity contribution in [3.8, 4) is 0 Å². The number of unbranched alkanes of at least 4 members (excludes halogenated alkanes) is 1. The summed E-state index contributed by atoms with van der Waals surface area (Å²) in [6.07, 6.45) is 2.64. The molecule has 0 bridgehead atoms. The van der Waals surface area contributed by atoms with E-state index >= 15 is 0 Å². The van der Waals surface area contributed by atoms with Crippen LogP contribution in [0.5, 0.6) is 0 Å². The highest BCUT2D eigenvalue weighted by Crippen LogP contribution is 1.76. The van der Waals surface area contributed by atoms with Crippen LogP contribution in [-0.4, -0.2) is 21.0 Å². The van der Waals surface area contributed by atoms with Crippen LogP contribution in [0.3, 0.4) is 0 Å². The Morgan fingerprint density at radius 1 is 1.14 bits per heavy atom. The molecule has 0 rings (SSSR count). The average molecular weight is 136 g/mol. The van der Waals surface area contributed by atoms with Crippen LogP contribution in [-0.2, 0) is 4.12 Å². The fourth-order valence-electron chi connectivity index (χ4n) is 0. The molecule has 0 aromatic heterocycles. The summed E-state index contributed by atoms with van der Waals surface area (Å²) in [6.45, 7) is 4.36. The normalized spacial score (nSPS) is 7.71. The van der Waals surface area contributed by atoms with Gasteiger partial charge in [0.2, 0.25) is 0 Å². The van der Waals surface area contributed by atoms with Crippen molar-refractivity contribution in [2.45, 2.75) is 26.7 Å². The van der Waals surface area contributed by atoms with Crippen molar-refractivity contribution in [3.05, 3.63) is 0 Å². The fraction of sp³-hybridized carbons (Fsp3) is 1.00. The maximum absolute atomic E-state index is 4.53. The highest BCUT2D eigenvalue weighted by Gasteiger charge is 1.56. The first kappa shape index (κ1) is 10.4. The molecule has 0 fully saturated rings. The van der Waals surface area contributed by atoms with Gasteiger partial charge in [-0.25, -0.2) is 0 Å². The molecule has 0 aromatic carbocycles. The van der Waals surface area contributed by atoms with E-state index in [1.165, 1.54) is 12.8 Å². The molecule has 0 aromatic rings. The zero-order valence-corrected chi connectivity index (χ0v) is 9.82. The summed E-state index contributed by atoms with van der Waals surface area (Å²) < 4.78 is 4.53. The van der Waals surface area contributed by atoms with Gasteiger partial charge in [0.15, 0.2) is 0 Å². The predicted octanol–water partition coefficient (Wildman–Crippen LogP) is -0.630. The lowest BCUT2D eigenvalue weighted by atomic mass is 10.4. The summed E-state index contributed by atoms with van der Waals surface area (Å²) in [7, 11) is 1.86. The van der Waals surface area contributed by atoms with E-state index in [1.807, 2.05) is 0 Å². The molecule has 1 nitrogen and oxygen atoms in total. The number of hydrogen-bond donors (Lipinski definition) is 0. The van der Waals surface area contributed by atoms with Crippen molar-refractivity contribution in [2.75, 3.05) is 0 Å². The molecule has 0 saturated heterocycles. The quantitative estimate of drug-likeness (QED) is 0.436. The van der Waals surface area contributed by atoms with Gasteiger partial charge in [-0.3, -0.25) is 0 Å². The van der Waals surface area contributed by atoms with Gasteiger partial charge in [-0.1, -0.05) is 26.7 Å². The second-order valence-electron chi connectivity index (χ2n) is 1.41. The van der Waals surface area contributed by atoms with Gasteiger partial charge >= 0.3 is 0 Å². The monoisotopic (exact) mass is 136 g/mol. The molecule has 0 aliphatic heterocycles. The van der Waals surface area contributed by atoms with E-state index in [1.54, 1.807) is 0 Å². The molecule has 7 heavy (non-hydrogen) atoms. The van der Waals surface area contributed by atoms with Crippen LogP contribution in [0.4, 0.5) is 0 Å². The first-order valence-corrected chi connectivity index (χ1v) is 4.36. The molecule has 3 heteroatoms. The van der Waals surface area contributed by atoms with E-state index in [9.17, 15) is 0 Å². The maximum Gasteiger partial charge on any atom is 0.129 e. The molecule has 0 radical (unpaired) electrons. The minimum Gasteiger partial charge on any atom is -0.471 e. The van der Waals surface area contributed by atoms with E-state index in [-0.39, 0.29) is 0 Å². The predicted molar refractivity (Wildman–Crippen MR) is 41.5 cm³/mol. The third kappa shape index (κ3) is 63.5. The first-order valence-electron chi connectivity index (χ1n) is 2.73. The number of rotatable bonds is 1. The molecule has 0 saturated carbocycles. The Morgan fingerprint density at radius 3 is 1.29 bits per heavy atom. The molecule has 0 aliphatic carbocycles. The maximum atomic E-state index is 4.53. The van der Waals surface area contributed by atoms with Crippen molar-refractivity contribution in [1.82, 2.24) is 0 Å². The summed E-state index contributed by atoms with van der Waals surface area (Å²) in [6, 6.07) is 0. The summed E-state index contributed by atoms with van der Waals surface area (Å²) in [5.41, 5.74) is 0. The smallest absolute Gasteiger partial charge is 0.129 e. The SMILES string of the molecule is CCCC.[SiH3]O[SiH3]. The van der Waals surface area contributed by atoms with Crippen LogP contribution >= 0.6 is 0 Å². The Labute approximate surface area is 52.5 Å². The molecule has 0 unspecified atom stereocenters. The minimum absolute atomic E-state index is 0.931. The molecule has 0 heterocycles. The Morgan fingerprint density at radius 2 is 1.29 bits per heavy atom. The summed E-state index contributed by atoms with van der Waals surface area (Å²) in [5.74, 6) is 0. The van der Waals surface area contributed by atoms with Crippen LogP contribution in [0.1, 0.15) is 26.7 Å². The zero-order valence-electron chi connectivity index (χ0n) is 5.82. The van der Waals surface area contributed by atoms with E-state index in [0.29, 0.717) is 0 Å². The third-order valence-electron chi connectivity index (χ3n) is 0.500. The van der Waals surface area contributed by atoms with E-state index in [0.717, 1.165) is 21.0 Å². The van der Waals surface area contributed by atoms with Crippen molar-refractivity contribution in [2.24, 2.45) is 0 Å². The van der Waals surface area contributed by atoms with Gasteiger partial charge in [-0.15, -0.1) is 0 Å². The molecule has 46 valence electrons. The summed E-state index contributed by atoms with van der Waals surface area (Å²) in [4.78, 5) is 0. The Kier molecular flexibility index (Phi) is 24.0. The largest absolute Gasteiger partial charge is 0.471 e. The molecular formula is C4H16OSi2. The fourth-order valence-corrected chi connectivity index (χ4v) is 0. The van der Waals surface area contributed by atoms with Gasteiger partial charge in [0.25, 0.3) is 0 Å². The van der Waals surface area contributed by atoms with Crippen LogP contribution in [0.25, 0.3) is 0 Å². The standard InChI is InChI=1S/C4H10.H6OSi2/c1-3-4-2;2-1-3/h3-4H2,1-2H3;2-3H3. The van der Waals surface area contributed by atoms with Crippen molar-refractivity contribution < 1.29 is 4.12 Å². The lowest BCUT2D eigenvalue weighted by Gasteiger charge is -1.68. The molecular weight excluding hydrogens is 120 g/mol. The lowest BCUT2D eigenvalue weighted by Crippen LogP contribution is -1.65. The van der Waals surface area contributed by atoms with Gasteiger partial charge in [0.05, 0.1) is 0 Å². The molecule has 0 atom stereocenters. The summed E-state index contributed by atoms with van der Waals surface area (Å²) >= 11 is 0. The molecule has 0 spiro atoms. The van der Waals surface area contributed by atoms with E-state index in [2.05, 4.69) is 18.0 Å². The van der Waals surface area contributed by atoms with Crippen LogP contribution < -0.4 is 0 Å². The van der Waals surface area contributed by atoms with Crippen molar-refractivity contribution in [3.63, 3.8) is 0 Å².